The first-order valence-electron chi connectivity index (χ1n) is 6.54. The first-order chi connectivity index (χ1) is 8.66. The Bertz CT molecular complexity index is 374. The monoisotopic (exact) mass is 377 g/mol. The first-order valence-corrected chi connectivity index (χ1v) is 10.7. The number of halogens is 1. The molecule has 0 heterocycles. The molecule has 0 spiro atoms. The van der Waals surface area contributed by atoms with Crippen LogP contribution in [0.15, 0.2) is 18.2 Å². The van der Waals surface area contributed by atoms with Gasteiger partial charge in [0.1, 0.15) is 11.6 Å². The average molecular weight is 378 g/mol. The number of benzene rings is 1. The molecule has 21 heavy (non-hydrogen) atoms. The standard InChI is InChI=1S/C12H18FOP.C3H9P.CH3.Ni/c1-8(2)15(9(3)4)12-7-10(13)5-6-11(12)14;1-4(2)3;;/h5-9,14H,1-4H3;1-3H3;1H3;/q;;-1;. The Morgan fingerprint density at radius 2 is 1.38 bits per heavy atom. The maximum absolute atomic E-state index is 13.1. The molecule has 0 bridgehead atoms. The largest absolute Gasteiger partial charge is 0.507 e. The SMILES string of the molecule is CC(C)P(c1cc(F)ccc1O)C(C)C.CP(C)C.[CH3-].[Ni]. The maximum Gasteiger partial charge on any atom is 0.124 e. The number of phenolic OH excluding ortho intramolecular Hbond substituents is 1. The van der Waals surface area contributed by atoms with Crippen molar-refractivity contribution in [2.24, 2.45) is 0 Å². The zero-order chi connectivity index (χ0) is 15.2. The molecule has 0 fully saturated rings. The predicted octanol–water partition coefficient (Wildman–Crippen LogP) is 5.26. The number of hydrogen-bond acceptors (Lipinski definition) is 1. The minimum absolute atomic E-state index is 0. The molecule has 0 aliphatic carbocycles. The van der Waals surface area contributed by atoms with Crippen molar-refractivity contribution in [2.75, 3.05) is 20.0 Å². The van der Waals surface area contributed by atoms with Crippen LogP contribution in [-0.2, 0) is 16.5 Å². The third kappa shape index (κ3) is 10.6. The van der Waals surface area contributed by atoms with Gasteiger partial charge in [0, 0.05) is 21.8 Å². The fourth-order valence-electron chi connectivity index (χ4n) is 1.86. The van der Waals surface area contributed by atoms with Crippen molar-refractivity contribution in [3.63, 3.8) is 0 Å². The molecule has 0 unspecified atom stereocenters. The van der Waals surface area contributed by atoms with E-state index in [4.69, 9.17) is 0 Å². The van der Waals surface area contributed by atoms with E-state index >= 15 is 0 Å². The van der Waals surface area contributed by atoms with Gasteiger partial charge in [0.2, 0.25) is 0 Å². The Balaban J connectivity index is -0.000000482. The third-order valence-electron chi connectivity index (χ3n) is 2.33. The summed E-state index contributed by atoms with van der Waals surface area (Å²) in [6.45, 7) is 15.2. The van der Waals surface area contributed by atoms with Crippen molar-refractivity contribution in [1.29, 1.82) is 0 Å². The number of aromatic hydroxyl groups is 1. The second-order valence-corrected chi connectivity index (χ2v) is 11.6. The second kappa shape index (κ2) is 12.8. The molecule has 0 aliphatic rings. The van der Waals surface area contributed by atoms with Crippen LogP contribution in [0.5, 0.6) is 5.75 Å². The number of phenols is 1. The fraction of sp³-hybridized carbons (Fsp3) is 0.562. The van der Waals surface area contributed by atoms with Crippen LogP contribution in [0.3, 0.4) is 0 Å². The summed E-state index contributed by atoms with van der Waals surface area (Å²) in [5.74, 6) is -0.0403. The van der Waals surface area contributed by atoms with E-state index in [1.54, 1.807) is 0 Å². The summed E-state index contributed by atoms with van der Waals surface area (Å²) in [6.07, 6.45) is 0. The van der Waals surface area contributed by atoms with Crippen molar-refractivity contribution < 1.29 is 26.0 Å². The van der Waals surface area contributed by atoms with Crippen LogP contribution in [0.2, 0.25) is 0 Å². The Labute approximate surface area is 143 Å². The molecule has 1 rings (SSSR count). The van der Waals surface area contributed by atoms with Crippen molar-refractivity contribution in [1.82, 2.24) is 0 Å². The van der Waals surface area contributed by atoms with E-state index in [0.717, 1.165) is 5.30 Å². The minimum Gasteiger partial charge on any atom is -0.507 e. The van der Waals surface area contributed by atoms with Crippen LogP contribution in [-0.4, -0.2) is 36.4 Å². The van der Waals surface area contributed by atoms with Crippen LogP contribution < -0.4 is 5.30 Å². The van der Waals surface area contributed by atoms with Crippen LogP contribution in [0.25, 0.3) is 0 Å². The van der Waals surface area contributed by atoms with E-state index in [1.165, 1.54) is 18.2 Å². The van der Waals surface area contributed by atoms with Gasteiger partial charge < -0.3 is 12.5 Å². The van der Waals surface area contributed by atoms with Gasteiger partial charge in [0.25, 0.3) is 0 Å². The summed E-state index contributed by atoms with van der Waals surface area (Å²) < 4.78 is 13.1. The smallest absolute Gasteiger partial charge is 0.124 e. The van der Waals surface area contributed by atoms with Crippen LogP contribution in [0.1, 0.15) is 27.7 Å². The summed E-state index contributed by atoms with van der Waals surface area (Å²) in [4.78, 5) is 0. The molecule has 1 nitrogen and oxygen atoms in total. The molecule has 5 heteroatoms. The molecule has 1 aromatic rings. The topological polar surface area (TPSA) is 20.2 Å². The third-order valence-corrected chi connectivity index (χ3v) is 5.47. The Kier molecular flexibility index (Phi) is 16.0. The van der Waals surface area contributed by atoms with Gasteiger partial charge in [0.15, 0.2) is 0 Å². The zero-order valence-corrected chi connectivity index (χ0v) is 17.2. The second-order valence-electron chi connectivity index (χ2n) is 5.57. The predicted molar refractivity (Wildman–Crippen MR) is 96.0 cm³/mol. The van der Waals surface area contributed by atoms with E-state index in [0.29, 0.717) is 19.2 Å². The van der Waals surface area contributed by atoms with E-state index in [-0.39, 0.29) is 35.5 Å². The fourth-order valence-corrected chi connectivity index (χ4v) is 4.77. The van der Waals surface area contributed by atoms with Crippen molar-refractivity contribution in [3.8, 4) is 5.75 Å². The minimum atomic E-state index is -0.501. The van der Waals surface area contributed by atoms with Gasteiger partial charge in [-0.1, -0.05) is 35.6 Å². The van der Waals surface area contributed by atoms with Gasteiger partial charge in [0.05, 0.1) is 0 Å². The normalized spacial score (nSPS) is 10.1. The maximum atomic E-state index is 13.1. The molecule has 0 radical (unpaired) electrons. The molecule has 0 aliphatic heterocycles. The molecular weight excluding hydrogens is 348 g/mol. The Morgan fingerprint density at radius 3 is 1.71 bits per heavy atom. The summed E-state index contributed by atoms with van der Waals surface area (Å²) in [6, 6.07) is 4.22. The van der Waals surface area contributed by atoms with Gasteiger partial charge in [-0.25, -0.2) is 4.39 Å². The molecule has 0 amide bonds. The molecule has 0 aromatic heterocycles. The van der Waals surface area contributed by atoms with E-state index in [1.807, 2.05) is 0 Å². The molecule has 0 saturated heterocycles. The van der Waals surface area contributed by atoms with Crippen molar-refractivity contribution in [3.05, 3.63) is 31.4 Å². The summed E-state index contributed by atoms with van der Waals surface area (Å²) in [5, 5.41) is 10.5. The molecule has 0 atom stereocenters. The summed E-state index contributed by atoms with van der Waals surface area (Å²) in [7, 11) is -0.121. The number of hydrogen-bond donors (Lipinski definition) is 1. The van der Waals surface area contributed by atoms with Gasteiger partial charge >= 0.3 is 0 Å². The first kappa shape index (κ1) is 26.2. The number of rotatable bonds is 3. The van der Waals surface area contributed by atoms with Gasteiger partial charge in [-0.2, -0.15) is 0 Å². The van der Waals surface area contributed by atoms with Crippen molar-refractivity contribution in [2.45, 2.75) is 39.0 Å². The zero-order valence-electron chi connectivity index (χ0n) is 14.4. The van der Waals surface area contributed by atoms with Gasteiger partial charge in [-0.3, -0.25) is 0 Å². The van der Waals surface area contributed by atoms with E-state index in [9.17, 15) is 9.50 Å². The summed E-state index contributed by atoms with van der Waals surface area (Å²) >= 11 is 0. The average Bonchev–Trinajstić information content (AvgIpc) is 2.21. The molecule has 0 saturated carbocycles. The van der Waals surface area contributed by atoms with Crippen LogP contribution in [0, 0.1) is 13.2 Å². The molecule has 128 valence electrons. The summed E-state index contributed by atoms with van der Waals surface area (Å²) in [5.41, 5.74) is 0.903. The van der Waals surface area contributed by atoms with Gasteiger partial charge in [-0.05, 0) is 49.5 Å². The van der Waals surface area contributed by atoms with Crippen LogP contribution >= 0.6 is 15.8 Å². The van der Waals surface area contributed by atoms with E-state index < -0.39 is 7.92 Å². The molecular formula is C16H30FNiOP2-. The Morgan fingerprint density at radius 1 is 1.00 bits per heavy atom. The van der Waals surface area contributed by atoms with Gasteiger partial charge in [-0.15, -0.1) is 7.92 Å². The van der Waals surface area contributed by atoms with Crippen LogP contribution in [0.4, 0.5) is 4.39 Å². The van der Waals surface area contributed by atoms with E-state index in [2.05, 4.69) is 47.7 Å². The Hall–Kier alpha value is 0.304. The molecule has 1 aromatic carbocycles. The quantitative estimate of drug-likeness (QED) is 0.432. The van der Waals surface area contributed by atoms with Crippen molar-refractivity contribution >= 4 is 21.1 Å². The molecule has 1 N–H and O–H groups in total.